The standard InChI is InChI=1S/C11H9Br2FO4/c1-17-10(15)6-3-5(14)4-7(12)8(6)9(13)11(16)18-2/h3-4,9H,1-2H3/t9-/m1/s1. The van der Waals surface area contributed by atoms with Gasteiger partial charge < -0.3 is 9.47 Å². The summed E-state index contributed by atoms with van der Waals surface area (Å²) in [6.07, 6.45) is 0. The minimum Gasteiger partial charge on any atom is -0.468 e. The summed E-state index contributed by atoms with van der Waals surface area (Å²) in [5.74, 6) is -1.96. The smallest absolute Gasteiger partial charge is 0.338 e. The average molecular weight is 384 g/mol. The van der Waals surface area contributed by atoms with E-state index in [0.717, 1.165) is 12.1 Å². The van der Waals surface area contributed by atoms with Gasteiger partial charge in [-0.2, -0.15) is 0 Å². The van der Waals surface area contributed by atoms with E-state index in [-0.39, 0.29) is 15.6 Å². The van der Waals surface area contributed by atoms with Crippen LogP contribution in [0.25, 0.3) is 0 Å². The summed E-state index contributed by atoms with van der Waals surface area (Å²) >= 11 is 6.21. The van der Waals surface area contributed by atoms with E-state index in [4.69, 9.17) is 0 Å². The highest BCUT2D eigenvalue weighted by Crippen LogP contribution is 2.34. The molecular formula is C11H9Br2FO4. The molecule has 0 heterocycles. The fourth-order valence-electron chi connectivity index (χ4n) is 1.34. The molecule has 0 amide bonds. The molecule has 18 heavy (non-hydrogen) atoms. The van der Waals surface area contributed by atoms with Crippen LogP contribution < -0.4 is 0 Å². The van der Waals surface area contributed by atoms with E-state index in [2.05, 4.69) is 41.3 Å². The third kappa shape index (κ3) is 3.08. The number of hydrogen-bond acceptors (Lipinski definition) is 4. The normalized spacial score (nSPS) is 11.8. The van der Waals surface area contributed by atoms with E-state index in [1.165, 1.54) is 14.2 Å². The van der Waals surface area contributed by atoms with Gasteiger partial charge in [-0.25, -0.2) is 9.18 Å². The largest absolute Gasteiger partial charge is 0.468 e. The van der Waals surface area contributed by atoms with Crippen molar-refractivity contribution < 1.29 is 23.5 Å². The molecule has 0 spiro atoms. The lowest BCUT2D eigenvalue weighted by atomic mass is 10.0. The molecular weight excluding hydrogens is 375 g/mol. The van der Waals surface area contributed by atoms with Gasteiger partial charge in [0.2, 0.25) is 0 Å². The molecule has 1 aromatic rings. The number of hydrogen-bond donors (Lipinski definition) is 0. The lowest BCUT2D eigenvalue weighted by molar-refractivity contribution is -0.139. The number of benzene rings is 1. The number of methoxy groups -OCH3 is 2. The Hall–Kier alpha value is -0.950. The van der Waals surface area contributed by atoms with Gasteiger partial charge in [0.25, 0.3) is 0 Å². The Morgan fingerprint density at radius 3 is 2.39 bits per heavy atom. The van der Waals surface area contributed by atoms with Crippen molar-refractivity contribution in [3.63, 3.8) is 0 Å². The highest BCUT2D eigenvalue weighted by molar-refractivity contribution is 9.11. The van der Waals surface area contributed by atoms with Crippen molar-refractivity contribution >= 4 is 43.8 Å². The summed E-state index contributed by atoms with van der Waals surface area (Å²) in [5.41, 5.74) is 0.215. The molecule has 0 unspecified atom stereocenters. The summed E-state index contributed by atoms with van der Waals surface area (Å²) < 4.78 is 22.7. The Morgan fingerprint density at radius 2 is 1.89 bits per heavy atom. The Labute approximate surface area is 120 Å². The van der Waals surface area contributed by atoms with Crippen LogP contribution in [0.15, 0.2) is 16.6 Å². The molecule has 98 valence electrons. The first kappa shape index (κ1) is 15.1. The summed E-state index contributed by atoms with van der Waals surface area (Å²) in [4.78, 5) is 22.2. The Kier molecular flexibility index (Phi) is 5.28. The molecule has 0 aliphatic rings. The van der Waals surface area contributed by atoms with Crippen molar-refractivity contribution in [2.24, 2.45) is 0 Å². The summed E-state index contributed by atoms with van der Waals surface area (Å²) in [6.45, 7) is 0. The van der Waals surface area contributed by atoms with Crippen LogP contribution in [0.5, 0.6) is 0 Å². The third-order valence-electron chi connectivity index (χ3n) is 2.16. The SMILES string of the molecule is COC(=O)c1cc(F)cc(Br)c1[C@@H](Br)C(=O)OC. The number of carbonyl (C=O) groups excluding carboxylic acids is 2. The van der Waals surface area contributed by atoms with Crippen molar-refractivity contribution in [3.8, 4) is 0 Å². The average Bonchev–Trinajstić information content (AvgIpc) is 2.35. The minimum atomic E-state index is -0.897. The zero-order chi connectivity index (χ0) is 13.9. The molecule has 0 bridgehead atoms. The molecule has 0 fully saturated rings. The summed E-state index contributed by atoms with van der Waals surface area (Å²) in [7, 11) is 2.39. The van der Waals surface area contributed by atoms with Crippen molar-refractivity contribution in [2.75, 3.05) is 14.2 Å². The van der Waals surface area contributed by atoms with Gasteiger partial charge in [-0.1, -0.05) is 31.9 Å². The van der Waals surface area contributed by atoms with Gasteiger partial charge in [0.1, 0.15) is 10.6 Å². The first-order chi connectivity index (χ1) is 8.42. The van der Waals surface area contributed by atoms with Gasteiger partial charge in [0, 0.05) is 10.0 Å². The lowest BCUT2D eigenvalue weighted by Crippen LogP contribution is -2.15. The van der Waals surface area contributed by atoms with Gasteiger partial charge in [0.15, 0.2) is 0 Å². The molecule has 0 aromatic heterocycles. The van der Waals surface area contributed by atoms with Crippen molar-refractivity contribution in [2.45, 2.75) is 4.83 Å². The van der Waals surface area contributed by atoms with E-state index in [9.17, 15) is 14.0 Å². The first-order valence-electron chi connectivity index (χ1n) is 4.71. The number of ether oxygens (including phenoxy) is 2. The topological polar surface area (TPSA) is 52.6 Å². The van der Waals surface area contributed by atoms with Crippen molar-refractivity contribution in [1.82, 2.24) is 0 Å². The number of rotatable bonds is 3. The Morgan fingerprint density at radius 1 is 1.28 bits per heavy atom. The fourth-order valence-corrected chi connectivity index (χ4v) is 2.99. The Balaban J connectivity index is 3.40. The predicted octanol–water partition coefficient (Wildman–Crippen LogP) is 2.98. The van der Waals surface area contributed by atoms with E-state index in [0.29, 0.717) is 0 Å². The molecule has 0 aliphatic heterocycles. The number of halogens is 3. The van der Waals surface area contributed by atoms with Crippen LogP contribution in [-0.2, 0) is 14.3 Å². The summed E-state index contributed by atoms with van der Waals surface area (Å²) in [6, 6.07) is 2.15. The molecule has 0 radical (unpaired) electrons. The highest BCUT2D eigenvalue weighted by Gasteiger charge is 2.27. The van der Waals surface area contributed by atoms with Gasteiger partial charge >= 0.3 is 11.9 Å². The van der Waals surface area contributed by atoms with Crippen LogP contribution >= 0.6 is 31.9 Å². The number of alkyl halides is 1. The summed E-state index contributed by atoms with van der Waals surface area (Å²) in [5, 5.41) is 0. The van der Waals surface area contributed by atoms with E-state index in [1.54, 1.807) is 0 Å². The van der Waals surface area contributed by atoms with Gasteiger partial charge in [0.05, 0.1) is 19.8 Å². The highest BCUT2D eigenvalue weighted by atomic mass is 79.9. The maximum atomic E-state index is 13.3. The molecule has 1 atom stereocenters. The van der Waals surface area contributed by atoms with Crippen molar-refractivity contribution in [1.29, 1.82) is 0 Å². The maximum absolute atomic E-state index is 13.3. The van der Waals surface area contributed by atoms with Crippen LogP contribution in [-0.4, -0.2) is 26.2 Å². The second kappa shape index (κ2) is 6.29. The monoisotopic (exact) mass is 382 g/mol. The van der Waals surface area contributed by atoms with Gasteiger partial charge in [-0.3, -0.25) is 4.79 Å². The Bertz CT molecular complexity index is 490. The number of esters is 2. The van der Waals surface area contributed by atoms with Crippen molar-refractivity contribution in [3.05, 3.63) is 33.5 Å². The molecule has 1 aromatic carbocycles. The predicted molar refractivity (Wildman–Crippen MR) is 69.1 cm³/mol. The van der Waals surface area contributed by atoms with Gasteiger partial charge in [-0.15, -0.1) is 0 Å². The quantitative estimate of drug-likeness (QED) is 0.594. The zero-order valence-electron chi connectivity index (χ0n) is 9.50. The second-order valence-electron chi connectivity index (χ2n) is 3.23. The number of carbonyl (C=O) groups is 2. The van der Waals surface area contributed by atoms with E-state index >= 15 is 0 Å². The van der Waals surface area contributed by atoms with Crippen LogP contribution in [0.2, 0.25) is 0 Å². The fraction of sp³-hybridized carbons (Fsp3) is 0.273. The van der Waals surface area contributed by atoms with E-state index < -0.39 is 22.6 Å². The van der Waals surface area contributed by atoms with E-state index in [1.807, 2.05) is 0 Å². The molecule has 7 heteroatoms. The van der Waals surface area contributed by atoms with Gasteiger partial charge in [-0.05, 0) is 12.1 Å². The molecule has 1 rings (SSSR count). The zero-order valence-corrected chi connectivity index (χ0v) is 12.7. The van der Waals surface area contributed by atoms with Crippen LogP contribution in [0.4, 0.5) is 4.39 Å². The van der Waals surface area contributed by atoms with Crippen LogP contribution in [0, 0.1) is 5.82 Å². The molecule has 4 nitrogen and oxygen atoms in total. The third-order valence-corrected chi connectivity index (χ3v) is 3.65. The second-order valence-corrected chi connectivity index (χ2v) is 5.00. The molecule has 0 saturated heterocycles. The minimum absolute atomic E-state index is 0.0448. The molecule has 0 saturated carbocycles. The van der Waals surface area contributed by atoms with Crippen LogP contribution in [0.1, 0.15) is 20.7 Å². The lowest BCUT2D eigenvalue weighted by Gasteiger charge is -2.14. The first-order valence-corrected chi connectivity index (χ1v) is 6.42. The maximum Gasteiger partial charge on any atom is 0.338 e. The van der Waals surface area contributed by atoms with Crippen LogP contribution in [0.3, 0.4) is 0 Å². The molecule has 0 N–H and O–H groups in total. The molecule has 0 aliphatic carbocycles.